The van der Waals surface area contributed by atoms with Gasteiger partial charge in [-0.05, 0) is 44.4 Å². The fourth-order valence-corrected chi connectivity index (χ4v) is 1.70. The van der Waals surface area contributed by atoms with Crippen molar-refractivity contribution in [2.45, 2.75) is 40.5 Å². The van der Waals surface area contributed by atoms with E-state index >= 15 is 0 Å². The van der Waals surface area contributed by atoms with E-state index in [0.29, 0.717) is 12.0 Å². The molecular formula is C14H18O2. The van der Waals surface area contributed by atoms with Crippen molar-refractivity contribution in [2.75, 3.05) is 0 Å². The second kappa shape index (κ2) is 5.09. The molecule has 2 heteroatoms. The van der Waals surface area contributed by atoms with Crippen molar-refractivity contribution in [3.63, 3.8) is 0 Å². The first-order valence-electron chi connectivity index (χ1n) is 5.66. The van der Waals surface area contributed by atoms with Gasteiger partial charge in [0.1, 0.15) is 0 Å². The zero-order chi connectivity index (χ0) is 12.3. The Morgan fingerprint density at radius 3 is 2.38 bits per heavy atom. The molecule has 0 aromatic carbocycles. The third-order valence-electron chi connectivity index (χ3n) is 2.87. The molecule has 1 aliphatic carbocycles. The van der Waals surface area contributed by atoms with Gasteiger partial charge in [0.2, 0.25) is 0 Å². The third-order valence-corrected chi connectivity index (χ3v) is 2.87. The molecule has 0 aromatic rings. The highest BCUT2D eigenvalue weighted by Gasteiger charge is 2.30. The van der Waals surface area contributed by atoms with Gasteiger partial charge in [-0.1, -0.05) is 6.92 Å². The molecule has 1 aliphatic rings. The molecule has 1 rings (SSSR count). The second-order valence-corrected chi connectivity index (χ2v) is 4.37. The predicted molar refractivity (Wildman–Crippen MR) is 64.1 cm³/mol. The van der Waals surface area contributed by atoms with Gasteiger partial charge in [-0.15, -0.1) is 5.73 Å². The molecule has 1 atom stereocenters. The van der Waals surface area contributed by atoms with Crippen LogP contribution < -0.4 is 0 Å². The fourth-order valence-electron chi connectivity index (χ4n) is 1.70. The molecule has 2 nitrogen and oxygen atoms in total. The first kappa shape index (κ1) is 12.7. The van der Waals surface area contributed by atoms with E-state index in [4.69, 9.17) is 0 Å². The summed E-state index contributed by atoms with van der Waals surface area (Å²) in [5, 5.41) is 0. The quantitative estimate of drug-likeness (QED) is 0.539. The lowest BCUT2D eigenvalue weighted by Gasteiger charge is -2.01. The number of ketones is 2. The van der Waals surface area contributed by atoms with E-state index < -0.39 is 5.92 Å². The maximum atomic E-state index is 11.7. The Balaban J connectivity index is 2.85. The van der Waals surface area contributed by atoms with E-state index in [9.17, 15) is 9.59 Å². The molecular weight excluding hydrogens is 200 g/mol. The molecule has 0 radical (unpaired) electrons. The summed E-state index contributed by atoms with van der Waals surface area (Å²) in [6.07, 6.45) is 2.99. The Morgan fingerprint density at radius 2 is 1.94 bits per heavy atom. The minimum atomic E-state index is -0.473. The lowest BCUT2D eigenvalue weighted by Crippen LogP contribution is -2.12. The number of Topliss-reactive ketones (excluding diaryl/α,β-unsaturated/α-hetero) is 1. The van der Waals surface area contributed by atoms with Crippen LogP contribution in [-0.4, -0.2) is 11.6 Å². The van der Waals surface area contributed by atoms with Gasteiger partial charge in [-0.25, -0.2) is 0 Å². The first-order valence-corrected chi connectivity index (χ1v) is 5.66. The topological polar surface area (TPSA) is 34.1 Å². The number of rotatable bonds is 3. The fraction of sp³-hybridized carbons (Fsp3) is 0.500. The highest BCUT2D eigenvalue weighted by atomic mass is 16.2. The van der Waals surface area contributed by atoms with Crippen LogP contribution >= 0.6 is 0 Å². The van der Waals surface area contributed by atoms with Crippen LogP contribution in [0.4, 0.5) is 0 Å². The van der Waals surface area contributed by atoms with E-state index in [2.05, 4.69) is 12.7 Å². The molecule has 0 aromatic heterocycles. The Kier molecular flexibility index (Phi) is 4.03. The van der Waals surface area contributed by atoms with Crippen molar-refractivity contribution in [3.8, 4) is 0 Å². The van der Waals surface area contributed by atoms with E-state index in [0.717, 1.165) is 12.0 Å². The molecule has 1 unspecified atom stereocenters. The molecule has 0 aliphatic heterocycles. The number of carbonyl (C=O) groups excluding carboxylic acids is 2. The molecule has 0 heterocycles. The van der Waals surface area contributed by atoms with Crippen molar-refractivity contribution >= 4 is 11.6 Å². The highest BCUT2D eigenvalue weighted by Crippen LogP contribution is 2.23. The standard InChI is InChI=1S/C14H18O2/c1-5-9(2)6-10(3)7-12-8-13(15)11(4)14(12)16/h8,11H,5,7H2,1-4H3. The highest BCUT2D eigenvalue weighted by molar-refractivity contribution is 6.21. The number of carbonyl (C=O) groups is 2. The summed E-state index contributed by atoms with van der Waals surface area (Å²) in [4.78, 5) is 23.0. The normalized spacial score (nSPS) is 19.5. The van der Waals surface area contributed by atoms with Crippen LogP contribution in [0.3, 0.4) is 0 Å². The summed E-state index contributed by atoms with van der Waals surface area (Å²) < 4.78 is 0. The molecule has 16 heavy (non-hydrogen) atoms. The van der Waals surface area contributed by atoms with Crippen molar-refractivity contribution in [1.29, 1.82) is 0 Å². The lowest BCUT2D eigenvalue weighted by molar-refractivity contribution is -0.125. The van der Waals surface area contributed by atoms with Crippen LogP contribution in [0, 0.1) is 5.92 Å². The minimum Gasteiger partial charge on any atom is -0.294 e. The van der Waals surface area contributed by atoms with Gasteiger partial charge in [0.25, 0.3) is 0 Å². The van der Waals surface area contributed by atoms with E-state index in [-0.39, 0.29) is 11.6 Å². The maximum absolute atomic E-state index is 11.7. The maximum Gasteiger partial charge on any atom is 0.169 e. The van der Waals surface area contributed by atoms with Gasteiger partial charge in [-0.3, -0.25) is 9.59 Å². The van der Waals surface area contributed by atoms with Gasteiger partial charge in [0.15, 0.2) is 11.6 Å². The van der Waals surface area contributed by atoms with E-state index in [1.807, 2.05) is 13.8 Å². The molecule has 0 spiro atoms. The summed E-state index contributed by atoms with van der Waals surface area (Å²) in [5.74, 6) is -0.566. The van der Waals surface area contributed by atoms with Crippen LogP contribution in [0.2, 0.25) is 0 Å². The Morgan fingerprint density at radius 1 is 1.31 bits per heavy atom. The molecule has 0 bridgehead atoms. The zero-order valence-electron chi connectivity index (χ0n) is 10.4. The second-order valence-electron chi connectivity index (χ2n) is 4.37. The Hall–Kier alpha value is -1.40. The van der Waals surface area contributed by atoms with Crippen molar-refractivity contribution in [3.05, 3.63) is 28.5 Å². The first-order chi connectivity index (χ1) is 7.45. The van der Waals surface area contributed by atoms with Crippen molar-refractivity contribution in [1.82, 2.24) is 0 Å². The molecule has 0 saturated heterocycles. The van der Waals surface area contributed by atoms with Gasteiger partial charge in [0, 0.05) is 12.0 Å². The monoisotopic (exact) mass is 218 g/mol. The lowest BCUT2D eigenvalue weighted by atomic mass is 10.0. The summed E-state index contributed by atoms with van der Waals surface area (Å²) in [6.45, 7) is 7.70. The summed E-state index contributed by atoms with van der Waals surface area (Å²) in [5.41, 5.74) is 6.05. The van der Waals surface area contributed by atoms with Crippen LogP contribution in [0.1, 0.15) is 40.5 Å². The van der Waals surface area contributed by atoms with Crippen molar-refractivity contribution < 1.29 is 9.59 Å². The summed E-state index contributed by atoms with van der Waals surface area (Å²) >= 11 is 0. The Bertz CT molecular complexity index is 418. The predicted octanol–water partition coefficient (Wildman–Crippen LogP) is 2.99. The molecule has 86 valence electrons. The SMILES string of the molecule is CCC(C)=C=C(C)CC1=CC(=O)C(C)C1=O. The van der Waals surface area contributed by atoms with Crippen LogP contribution in [-0.2, 0) is 9.59 Å². The zero-order valence-corrected chi connectivity index (χ0v) is 10.4. The average Bonchev–Trinajstić information content (AvgIpc) is 2.46. The van der Waals surface area contributed by atoms with Gasteiger partial charge >= 0.3 is 0 Å². The van der Waals surface area contributed by atoms with Gasteiger partial charge in [-0.2, -0.15) is 0 Å². The molecule has 0 N–H and O–H groups in total. The average molecular weight is 218 g/mol. The number of hydrogen-bond acceptors (Lipinski definition) is 2. The molecule has 0 saturated carbocycles. The van der Waals surface area contributed by atoms with Crippen LogP contribution in [0.15, 0.2) is 28.5 Å². The largest absolute Gasteiger partial charge is 0.294 e. The summed E-state index contributed by atoms with van der Waals surface area (Å²) in [6, 6.07) is 0. The molecule has 0 fully saturated rings. The third kappa shape index (κ3) is 2.80. The Labute approximate surface area is 96.7 Å². The van der Waals surface area contributed by atoms with E-state index in [1.165, 1.54) is 11.6 Å². The number of allylic oxidation sites excluding steroid dienone is 3. The molecule has 0 amide bonds. The van der Waals surface area contributed by atoms with Crippen molar-refractivity contribution in [2.24, 2.45) is 5.92 Å². The van der Waals surface area contributed by atoms with Gasteiger partial charge < -0.3 is 0 Å². The smallest absolute Gasteiger partial charge is 0.169 e. The van der Waals surface area contributed by atoms with Crippen LogP contribution in [0.25, 0.3) is 0 Å². The minimum absolute atomic E-state index is 0.0275. The summed E-state index contributed by atoms with van der Waals surface area (Å²) in [7, 11) is 0. The number of hydrogen-bond donors (Lipinski definition) is 0. The van der Waals surface area contributed by atoms with Crippen LogP contribution in [0.5, 0.6) is 0 Å². The van der Waals surface area contributed by atoms with E-state index in [1.54, 1.807) is 6.92 Å². The van der Waals surface area contributed by atoms with Gasteiger partial charge in [0.05, 0.1) is 5.92 Å².